The van der Waals surface area contributed by atoms with Gasteiger partial charge < -0.3 is 0 Å². The third-order valence-electron chi connectivity index (χ3n) is 1.51. The second-order valence-corrected chi connectivity index (χ2v) is 2.41. The topological polar surface area (TPSA) is 97.0 Å². The predicted octanol–water partition coefficient (Wildman–Crippen LogP) is -0.467. The highest BCUT2D eigenvalue weighted by Gasteiger charge is 2.17. The average molecular weight is 189 g/mol. The van der Waals surface area contributed by atoms with Crippen molar-refractivity contribution in [3.05, 3.63) is 34.2 Å². The summed E-state index contributed by atoms with van der Waals surface area (Å²) in [6.45, 7) is 0. The molecule has 1 aromatic rings. The van der Waals surface area contributed by atoms with Gasteiger partial charge in [0.1, 0.15) is 0 Å². The molecule has 0 saturated carbocycles. The van der Waals surface area contributed by atoms with E-state index < -0.39 is 11.5 Å². The molecule has 0 atom stereocenters. The molecule has 0 saturated heterocycles. The molecule has 0 bridgehead atoms. The molecule has 1 aromatic heterocycles. The molecule has 0 aromatic carbocycles. The standard InChI is InChI=1S/C7H3N5O2/c13-5-3-4(1-2-8-9-5)6-7(14)11-12-10-6/h1-3H. The molecule has 2 heterocycles. The van der Waals surface area contributed by atoms with Crippen LogP contribution in [0.3, 0.4) is 0 Å². The number of hydrogen-bond donors (Lipinski definition) is 0. The van der Waals surface area contributed by atoms with Gasteiger partial charge >= 0.3 is 5.91 Å². The molecule has 14 heavy (non-hydrogen) atoms. The highest BCUT2D eigenvalue weighted by atomic mass is 16.2. The Morgan fingerprint density at radius 3 is 2.79 bits per heavy atom. The number of aromatic nitrogens is 2. The first-order valence-corrected chi connectivity index (χ1v) is 3.64. The monoisotopic (exact) mass is 189 g/mol. The summed E-state index contributed by atoms with van der Waals surface area (Å²) in [6, 6.07) is 2.60. The van der Waals surface area contributed by atoms with Crippen molar-refractivity contribution in [1.82, 2.24) is 10.2 Å². The van der Waals surface area contributed by atoms with Crippen molar-refractivity contribution in [1.29, 1.82) is 0 Å². The zero-order valence-electron chi connectivity index (χ0n) is 6.78. The fourth-order valence-electron chi connectivity index (χ4n) is 0.940. The minimum absolute atomic E-state index is 0.0295. The van der Waals surface area contributed by atoms with Gasteiger partial charge in [0.25, 0.3) is 5.56 Å². The molecule has 0 N–H and O–H groups in total. The third kappa shape index (κ3) is 1.42. The quantitative estimate of drug-likeness (QED) is 0.596. The zero-order chi connectivity index (χ0) is 9.97. The average Bonchev–Trinajstić information content (AvgIpc) is 2.45. The maximum atomic E-state index is 11.1. The summed E-state index contributed by atoms with van der Waals surface area (Å²) >= 11 is 0. The molecule has 0 fully saturated rings. The zero-order valence-corrected chi connectivity index (χ0v) is 6.78. The SMILES string of the molecule is O=C1N=NN=C1c1ccnnc(=O)c1. The van der Waals surface area contributed by atoms with Crippen LogP contribution in [0.25, 0.3) is 0 Å². The van der Waals surface area contributed by atoms with Gasteiger partial charge in [-0.1, -0.05) is 5.11 Å². The summed E-state index contributed by atoms with van der Waals surface area (Å²) < 4.78 is 0. The number of carbonyl (C=O) groups is 1. The number of amides is 1. The second-order valence-electron chi connectivity index (χ2n) is 2.41. The Morgan fingerprint density at radius 1 is 1.21 bits per heavy atom. The molecule has 7 heteroatoms. The number of nitrogens with zero attached hydrogens (tertiary/aromatic N) is 5. The fraction of sp³-hybridized carbons (Fsp3) is 0. The van der Waals surface area contributed by atoms with E-state index in [0.29, 0.717) is 5.56 Å². The highest BCUT2D eigenvalue weighted by Crippen LogP contribution is 2.05. The summed E-state index contributed by atoms with van der Waals surface area (Å²) in [7, 11) is 0. The second kappa shape index (κ2) is 3.21. The molecule has 0 spiro atoms. The molecule has 1 amide bonds. The molecule has 2 rings (SSSR count). The summed E-state index contributed by atoms with van der Waals surface area (Å²) in [5.74, 6) is -0.574. The maximum Gasteiger partial charge on any atom is 0.318 e. The van der Waals surface area contributed by atoms with E-state index in [4.69, 9.17) is 0 Å². The summed E-state index contributed by atoms with van der Waals surface area (Å²) in [5, 5.41) is 16.5. The Bertz CT molecular complexity index is 507. The van der Waals surface area contributed by atoms with Crippen molar-refractivity contribution in [2.75, 3.05) is 0 Å². The smallest absolute Gasteiger partial charge is 0.266 e. The van der Waals surface area contributed by atoms with Crippen LogP contribution in [-0.4, -0.2) is 21.8 Å². The van der Waals surface area contributed by atoms with Crippen LogP contribution >= 0.6 is 0 Å². The molecule has 0 unspecified atom stereocenters. The lowest BCUT2D eigenvalue weighted by atomic mass is 10.2. The van der Waals surface area contributed by atoms with E-state index in [9.17, 15) is 9.59 Å². The predicted molar refractivity (Wildman–Crippen MR) is 44.7 cm³/mol. The minimum atomic E-state index is -0.574. The Balaban J connectivity index is 2.55. The third-order valence-corrected chi connectivity index (χ3v) is 1.51. The van der Waals surface area contributed by atoms with Gasteiger partial charge in [-0.25, -0.2) is 0 Å². The van der Waals surface area contributed by atoms with E-state index in [1.165, 1.54) is 12.3 Å². The van der Waals surface area contributed by atoms with Crippen LogP contribution in [0.1, 0.15) is 5.56 Å². The van der Waals surface area contributed by atoms with Gasteiger partial charge in [0.15, 0.2) is 5.71 Å². The van der Waals surface area contributed by atoms with Crippen molar-refractivity contribution >= 4 is 11.6 Å². The van der Waals surface area contributed by atoms with Gasteiger partial charge in [-0.2, -0.15) is 5.10 Å². The van der Waals surface area contributed by atoms with Crippen molar-refractivity contribution < 1.29 is 4.79 Å². The van der Waals surface area contributed by atoms with Crippen LogP contribution in [0.4, 0.5) is 0 Å². The van der Waals surface area contributed by atoms with E-state index in [2.05, 4.69) is 25.6 Å². The van der Waals surface area contributed by atoms with E-state index in [1.54, 1.807) is 0 Å². The van der Waals surface area contributed by atoms with Crippen LogP contribution in [-0.2, 0) is 4.79 Å². The van der Waals surface area contributed by atoms with Crippen LogP contribution in [0.15, 0.2) is 38.6 Å². The van der Waals surface area contributed by atoms with E-state index in [-0.39, 0.29) is 5.71 Å². The lowest BCUT2D eigenvalue weighted by Crippen LogP contribution is -2.11. The van der Waals surface area contributed by atoms with Gasteiger partial charge in [-0.3, -0.25) is 9.59 Å². The van der Waals surface area contributed by atoms with Crippen molar-refractivity contribution in [3.63, 3.8) is 0 Å². The minimum Gasteiger partial charge on any atom is -0.266 e. The maximum absolute atomic E-state index is 11.1. The first kappa shape index (κ1) is 8.30. The van der Waals surface area contributed by atoms with Gasteiger partial charge in [0.2, 0.25) is 0 Å². The first-order chi connectivity index (χ1) is 6.77. The van der Waals surface area contributed by atoms with Crippen molar-refractivity contribution in [3.8, 4) is 0 Å². The molecule has 0 radical (unpaired) electrons. The summed E-state index contributed by atoms with van der Waals surface area (Å²) in [6.07, 6.45) is 1.30. The molecular formula is C7H3N5O2. The number of carbonyl (C=O) groups excluding carboxylic acids is 1. The van der Waals surface area contributed by atoms with Crippen LogP contribution in [0.5, 0.6) is 0 Å². The number of hydrogen-bond acceptors (Lipinski definition) is 6. The normalized spacial score (nSPS) is 14.3. The lowest BCUT2D eigenvalue weighted by molar-refractivity contribution is -0.111. The fourth-order valence-corrected chi connectivity index (χ4v) is 0.940. The van der Waals surface area contributed by atoms with E-state index in [1.807, 2.05) is 0 Å². The molecule has 68 valence electrons. The Labute approximate surface area is 77.2 Å². The Kier molecular flexibility index (Phi) is 1.90. The largest absolute Gasteiger partial charge is 0.318 e. The van der Waals surface area contributed by atoms with Gasteiger partial charge in [-0.05, 0) is 11.3 Å². The van der Waals surface area contributed by atoms with Gasteiger partial charge in [-0.15, -0.1) is 10.2 Å². The summed E-state index contributed by atoms with van der Waals surface area (Å²) in [5.41, 5.74) is -0.204. The Morgan fingerprint density at radius 2 is 2.07 bits per heavy atom. The first-order valence-electron chi connectivity index (χ1n) is 3.64. The van der Waals surface area contributed by atoms with E-state index in [0.717, 1.165) is 6.07 Å². The lowest BCUT2D eigenvalue weighted by Gasteiger charge is -1.88. The summed E-state index contributed by atoms with van der Waals surface area (Å²) in [4.78, 5) is 22.0. The molecular weight excluding hydrogens is 186 g/mol. The van der Waals surface area contributed by atoms with Crippen molar-refractivity contribution in [2.45, 2.75) is 0 Å². The van der Waals surface area contributed by atoms with Crippen LogP contribution < -0.4 is 5.56 Å². The molecule has 1 aliphatic rings. The van der Waals surface area contributed by atoms with Gasteiger partial charge in [0, 0.05) is 11.6 Å². The van der Waals surface area contributed by atoms with Crippen LogP contribution in [0, 0.1) is 0 Å². The highest BCUT2D eigenvalue weighted by molar-refractivity contribution is 6.46. The van der Waals surface area contributed by atoms with Crippen LogP contribution in [0.2, 0.25) is 0 Å². The molecule has 0 aliphatic carbocycles. The Hall–Kier alpha value is -2.31. The number of rotatable bonds is 1. The molecule has 1 aliphatic heterocycles. The molecule has 7 nitrogen and oxygen atoms in total. The van der Waals surface area contributed by atoms with Gasteiger partial charge in [0.05, 0.1) is 6.20 Å². The van der Waals surface area contributed by atoms with E-state index >= 15 is 0 Å². The van der Waals surface area contributed by atoms with Crippen molar-refractivity contribution in [2.24, 2.45) is 15.4 Å².